The van der Waals surface area contributed by atoms with Crippen molar-refractivity contribution in [1.29, 1.82) is 0 Å². The van der Waals surface area contributed by atoms with Crippen LogP contribution in [-0.4, -0.2) is 6.29 Å². The van der Waals surface area contributed by atoms with Crippen LogP contribution in [0, 0.1) is 0 Å². The predicted molar refractivity (Wildman–Crippen MR) is 27.9 cm³/mol. The van der Waals surface area contributed by atoms with Crippen molar-refractivity contribution in [2.45, 2.75) is 0 Å². The minimum absolute atomic E-state index is 0.592. The van der Waals surface area contributed by atoms with Gasteiger partial charge in [0.25, 0.3) is 0 Å². The van der Waals surface area contributed by atoms with E-state index in [2.05, 4.69) is 5.73 Å². The van der Waals surface area contributed by atoms with E-state index < -0.39 is 0 Å². The summed E-state index contributed by atoms with van der Waals surface area (Å²) in [7, 11) is 0. The van der Waals surface area contributed by atoms with Crippen LogP contribution in [0.25, 0.3) is 0 Å². The first-order valence-corrected chi connectivity index (χ1v) is 2.05. The van der Waals surface area contributed by atoms with Crippen LogP contribution in [0.5, 0.6) is 0 Å². The molecular weight excluding hydrogens is 104 g/mol. The van der Waals surface area contributed by atoms with Crippen LogP contribution in [0.1, 0.15) is 0 Å². The largest absolute Gasteiger partial charge is 0.878 e. The van der Waals surface area contributed by atoms with E-state index in [4.69, 9.17) is 0 Å². The topological polar surface area (TPSA) is 40.1 Å². The molecule has 0 amide bonds. The number of carbonyl (C=O) groups excluding carboxylic acids is 1. The average Bonchev–Trinajstić information content (AvgIpc) is 1.81. The number of carbonyl (C=O) groups is 1. The molecule has 0 unspecified atom stereocenters. The molecule has 0 N–H and O–H groups in total. The van der Waals surface area contributed by atoms with Crippen LogP contribution in [0.2, 0.25) is 0 Å². The first kappa shape index (κ1) is 6.73. The van der Waals surface area contributed by atoms with Gasteiger partial charge in [0.05, 0.1) is 0 Å². The van der Waals surface area contributed by atoms with Gasteiger partial charge in [0.15, 0.2) is 6.29 Å². The van der Waals surface area contributed by atoms with Crippen LogP contribution in [0.3, 0.4) is 0 Å². The molecule has 0 aromatic carbocycles. The second-order valence-corrected chi connectivity index (χ2v) is 0.965. The summed E-state index contributed by atoms with van der Waals surface area (Å²) in [6, 6.07) is 0. The Labute approximate surface area is 47.5 Å². The normalized spacial score (nSPS) is 8.00. The minimum atomic E-state index is 0.592. The van der Waals surface area contributed by atoms with Gasteiger partial charge in [-0.15, -0.1) is 12.0 Å². The van der Waals surface area contributed by atoms with E-state index in [9.17, 15) is 9.90 Å². The molecule has 0 bridgehead atoms. The van der Waals surface area contributed by atoms with Crippen LogP contribution >= 0.6 is 0 Å². The maximum atomic E-state index is 9.54. The lowest BCUT2D eigenvalue weighted by atomic mass is 10.5. The molecule has 8 heavy (non-hydrogen) atoms. The molecular formula is C6H5O2-. The second kappa shape index (κ2) is 5.73. The Morgan fingerprint density at radius 2 is 2.12 bits per heavy atom. The lowest BCUT2D eigenvalue weighted by Crippen LogP contribution is -1.81. The fraction of sp³-hybridized carbons (Fsp3) is 0. The van der Waals surface area contributed by atoms with Crippen LogP contribution in [0.4, 0.5) is 0 Å². The molecule has 0 aliphatic heterocycles. The lowest BCUT2D eigenvalue weighted by Gasteiger charge is -1.78. The van der Waals surface area contributed by atoms with E-state index >= 15 is 0 Å². The Bertz CT molecular complexity index is 139. The number of aldehydes is 1. The quantitative estimate of drug-likeness (QED) is 0.161. The summed E-state index contributed by atoms with van der Waals surface area (Å²) in [4.78, 5) is 9.53. The highest BCUT2D eigenvalue weighted by Gasteiger charge is 1.51. The Kier molecular flexibility index (Phi) is 4.82. The van der Waals surface area contributed by atoms with Gasteiger partial charge in [0.1, 0.15) is 0 Å². The van der Waals surface area contributed by atoms with Crippen molar-refractivity contribution in [3.63, 3.8) is 0 Å². The van der Waals surface area contributed by atoms with E-state index in [1.54, 1.807) is 0 Å². The Balaban J connectivity index is 3.63. The van der Waals surface area contributed by atoms with Gasteiger partial charge >= 0.3 is 0 Å². The Morgan fingerprint density at radius 1 is 1.38 bits per heavy atom. The predicted octanol–water partition coefficient (Wildman–Crippen LogP) is -0.229. The number of rotatable bonds is 2. The molecule has 0 spiro atoms. The highest BCUT2D eigenvalue weighted by atomic mass is 16.2. The highest BCUT2D eigenvalue weighted by Crippen LogP contribution is 1.65. The molecule has 0 atom stereocenters. The van der Waals surface area contributed by atoms with Gasteiger partial charge in [-0.2, -0.15) is 0 Å². The smallest absolute Gasteiger partial charge is 0.150 e. The average molecular weight is 109 g/mol. The fourth-order valence-corrected chi connectivity index (χ4v) is 0.190. The molecule has 0 aromatic rings. The molecule has 0 rings (SSSR count). The zero-order valence-electron chi connectivity index (χ0n) is 4.20. The van der Waals surface area contributed by atoms with Crippen molar-refractivity contribution in [2.75, 3.05) is 0 Å². The zero-order chi connectivity index (χ0) is 6.24. The fourth-order valence-electron chi connectivity index (χ4n) is 0.190. The van der Waals surface area contributed by atoms with Gasteiger partial charge in [-0.25, -0.2) is 0 Å². The third-order valence-corrected chi connectivity index (χ3v) is 0.435. The van der Waals surface area contributed by atoms with Crippen molar-refractivity contribution in [3.05, 3.63) is 30.2 Å². The molecule has 0 aromatic heterocycles. The highest BCUT2D eigenvalue weighted by molar-refractivity contribution is 5.64. The van der Waals surface area contributed by atoms with Crippen molar-refractivity contribution < 1.29 is 9.90 Å². The lowest BCUT2D eigenvalue weighted by molar-refractivity contribution is -0.274. The number of hydrogen-bond acceptors (Lipinski definition) is 2. The Hall–Kier alpha value is -1.27. The molecule has 0 radical (unpaired) electrons. The summed E-state index contributed by atoms with van der Waals surface area (Å²) in [5.74, 6) is 0. The molecule has 0 saturated heterocycles. The Morgan fingerprint density at radius 3 is 2.62 bits per heavy atom. The summed E-state index contributed by atoms with van der Waals surface area (Å²) in [6.07, 6.45) is 5.00. The summed E-state index contributed by atoms with van der Waals surface area (Å²) in [6.45, 7) is 0. The van der Waals surface area contributed by atoms with E-state index in [1.807, 2.05) is 0 Å². The molecule has 0 fully saturated rings. The van der Waals surface area contributed by atoms with Crippen molar-refractivity contribution in [2.24, 2.45) is 0 Å². The molecule has 2 nitrogen and oxygen atoms in total. The van der Waals surface area contributed by atoms with E-state index in [-0.39, 0.29) is 0 Å². The third-order valence-electron chi connectivity index (χ3n) is 0.435. The van der Waals surface area contributed by atoms with Crippen LogP contribution in [-0.2, 0) is 4.79 Å². The van der Waals surface area contributed by atoms with E-state index in [0.29, 0.717) is 12.5 Å². The van der Waals surface area contributed by atoms with E-state index in [1.165, 1.54) is 18.2 Å². The van der Waals surface area contributed by atoms with Gasteiger partial charge < -0.3 is 5.11 Å². The molecule has 0 saturated carbocycles. The molecule has 0 aliphatic carbocycles. The van der Waals surface area contributed by atoms with Crippen molar-refractivity contribution >= 4 is 6.29 Å². The maximum absolute atomic E-state index is 9.54. The van der Waals surface area contributed by atoms with Crippen molar-refractivity contribution in [1.82, 2.24) is 0 Å². The first-order chi connectivity index (χ1) is 3.91. The number of hydrogen-bond donors (Lipinski definition) is 0. The SMILES string of the molecule is O=CC=C=C/C=C\[O-]. The van der Waals surface area contributed by atoms with Crippen molar-refractivity contribution in [3.8, 4) is 0 Å². The monoisotopic (exact) mass is 109 g/mol. The zero-order valence-corrected chi connectivity index (χ0v) is 4.20. The minimum Gasteiger partial charge on any atom is -0.878 e. The molecule has 42 valence electrons. The maximum Gasteiger partial charge on any atom is 0.150 e. The summed E-state index contributed by atoms with van der Waals surface area (Å²) in [5.41, 5.74) is 2.43. The molecule has 0 heterocycles. The van der Waals surface area contributed by atoms with Gasteiger partial charge in [0, 0.05) is 6.08 Å². The van der Waals surface area contributed by atoms with Gasteiger partial charge in [-0.05, 0) is 6.08 Å². The van der Waals surface area contributed by atoms with Crippen LogP contribution < -0.4 is 5.11 Å². The summed E-state index contributed by atoms with van der Waals surface area (Å²) < 4.78 is 0. The second-order valence-electron chi connectivity index (χ2n) is 0.965. The summed E-state index contributed by atoms with van der Waals surface area (Å²) >= 11 is 0. The standard InChI is InChI=1S/C6H6O2/c7-5-3-1-2-4-6-8/h1,3-7H/p-1/b5-3-. The van der Waals surface area contributed by atoms with Crippen LogP contribution in [0.15, 0.2) is 30.2 Å². The van der Waals surface area contributed by atoms with Gasteiger partial charge in [0.2, 0.25) is 0 Å². The van der Waals surface area contributed by atoms with E-state index in [0.717, 1.165) is 0 Å². The van der Waals surface area contributed by atoms with Gasteiger partial charge in [-0.1, -0.05) is 6.08 Å². The number of allylic oxidation sites excluding steroid dienone is 2. The molecule has 2 heteroatoms. The van der Waals surface area contributed by atoms with Gasteiger partial charge in [-0.3, -0.25) is 4.79 Å². The first-order valence-electron chi connectivity index (χ1n) is 2.05. The third kappa shape index (κ3) is 4.73. The summed E-state index contributed by atoms with van der Waals surface area (Å²) in [5, 5.41) is 9.54. The molecule has 0 aliphatic rings.